The van der Waals surface area contributed by atoms with E-state index in [9.17, 15) is 4.79 Å². The maximum Gasteiger partial charge on any atom is 0.274 e. The molecule has 8 heteroatoms. The van der Waals surface area contributed by atoms with Gasteiger partial charge in [0.2, 0.25) is 0 Å². The third-order valence-electron chi connectivity index (χ3n) is 5.47. The Morgan fingerprint density at radius 1 is 1.00 bits per heavy atom. The number of amides is 1. The number of hydrogen-bond acceptors (Lipinski definition) is 5. The average Bonchev–Trinajstić information content (AvgIpc) is 3.40. The van der Waals surface area contributed by atoms with Crippen molar-refractivity contribution in [2.24, 2.45) is 7.05 Å². The molecule has 0 radical (unpaired) electrons. The first kappa shape index (κ1) is 19.6. The van der Waals surface area contributed by atoms with E-state index in [-0.39, 0.29) is 18.1 Å². The number of carbonyl (C=O) groups excluding carboxylic acids is 1. The van der Waals surface area contributed by atoms with Crippen LogP contribution in [0.1, 0.15) is 21.9 Å². The zero-order valence-electron chi connectivity index (χ0n) is 17.7. The Bertz CT molecular complexity index is 1420. The number of benzene rings is 2. The molecule has 2 aromatic carbocycles. The van der Waals surface area contributed by atoms with Crippen LogP contribution in [0.4, 0.5) is 0 Å². The highest BCUT2D eigenvalue weighted by molar-refractivity contribution is 5.98. The molecule has 158 valence electrons. The van der Waals surface area contributed by atoms with Gasteiger partial charge in [-0.3, -0.25) is 9.78 Å². The molecule has 0 spiro atoms. The highest BCUT2D eigenvalue weighted by Crippen LogP contribution is 2.26. The number of aromatic nitrogens is 6. The molecule has 3 aromatic heterocycles. The summed E-state index contributed by atoms with van der Waals surface area (Å²) in [5.41, 5.74) is 5.46. The molecule has 0 aliphatic rings. The van der Waals surface area contributed by atoms with Gasteiger partial charge in [-0.05, 0) is 42.8 Å². The van der Waals surface area contributed by atoms with Gasteiger partial charge in [0.15, 0.2) is 5.69 Å². The molecule has 0 saturated heterocycles. The molecular weight excluding hydrogens is 402 g/mol. The highest BCUT2D eigenvalue weighted by Gasteiger charge is 2.23. The van der Waals surface area contributed by atoms with Crippen LogP contribution in [-0.4, -0.2) is 35.4 Å². The number of nitrogens with one attached hydrogen (secondary N) is 1. The zero-order valence-corrected chi connectivity index (χ0v) is 17.7. The molecule has 1 amide bonds. The standard InChI is InChI=1S/C24H21N7O/c1-16-7-3-5-9-19(16)31-23(17-11-13-25-14-12-17)22(28-29-31)24(32)26-15-21-27-18-8-4-6-10-20(18)30(21)2/h3-14H,15H2,1-2H3,(H,26,32). The highest BCUT2D eigenvalue weighted by atomic mass is 16.2. The number of aryl methyl sites for hydroxylation is 2. The summed E-state index contributed by atoms with van der Waals surface area (Å²) in [6.45, 7) is 2.27. The molecule has 0 saturated carbocycles. The predicted molar refractivity (Wildman–Crippen MR) is 121 cm³/mol. The van der Waals surface area contributed by atoms with Crippen molar-refractivity contribution in [1.29, 1.82) is 0 Å². The number of hydrogen-bond donors (Lipinski definition) is 1. The van der Waals surface area contributed by atoms with Crippen LogP contribution in [0.3, 0.4) is 0 Å². The fourth-order valence-electron chi connectivity index (χ4n) is 3.77. The van der Waals surface area contributed by atoms with E-state index in [1.807, 2.05) is 79.2 Å². The lowest BCUT2D eigenvalue weighted by atomic mass is 10.1. The molecule has 0 aliphatic carbocycles. The Hall–Kier alpha value is -4.33. The molecule has 0 aliphatic heterocycles. The summed E-state index contributed by atoms with van der Waals surface area (Å²) in [6, 6.07) is 19.4. The number of imidazole rings is 1. The second-order valence-electron chi connectivity index (χ2n) is 7.48. The van der Waals surface area contributed by atoms with Gasteiger partial charge in [0.05, 0.1) is 23.3 Å². The molecule has 1 N–H and O–H groups in total. The lowest BCUT2D eigenvalue weighted by molar-refractivity contribution is 0.0945. The normalized spacial score (nSPS) is 11.1. The molecule has 0 fully saturated rings. The van der Waals surface area contributed by atoms with Crippen LogP contribution in [0, 0.1) is 6.92 Å². The molecule has 0 bridgehead atoms. The molecule has 5 aromatic rings. The summed E-state index contributed by atoms with van der Waals surface area (Å²) in [5.74, 6) is 0.444. The van der Waals surface area contributed by atoms with Crippen LogP contribution in [0.15, 0.2) is 73.1 Å². The van der Waals surface area contributed by atoms with Gasteiger partial charge in [-0.1, -0.05) is 35.5 Å². The molecule has 32 heavy (non-hydrogen) atoms. The van der Waals surface area contributed by atoms with Crippen molar-refractivity contribution in [2.45, 2.75) is 13.5 Å². The smallest absolute Gasteiger partial charge is 0.274 e. The SMILES string of the molecule is Cc1ccccc1-n1nnc(C(=O)NCc2nc3ccccc3n2C)c1-c1ccncc1. The second-order valence-corrected chi connectivity index (χ2v) is 7.48. The fraction of sp³-hybridized carbons (Fsp3) is 0.125. The second kappa shape index (κ2) is 8.07. The van der Waals surface area contributed by atoms with Crippen molar-refractivity contribution in [1.82, 2.24) is 34.8 Å². The first-order valence-electron chi connectivity index (χ1n) is 10.2. The Kier molecular flexibility index (Phi) is 4.95. The van der Waals surface area contributed by atoms with Crippen molar-refractivity contribution in [3.8, 4) is 16.9 Å². The van der Waals surface area contributed by atoms with Crippen LogP contribution >= 0.6 is 0 Å². The topological polar surface area (TPSA) is 90.5 Å². The molecule has 8 nitrogen and oxygen atoms in total. The maximum atomic E-state index is 13.2. The summed E-state index contributed by atoms with van der Waals surface area (Å²) in [7, 11) is 1.94. The number of fused-ring (bicyclic) bond motifs is 1. The average molecular weight is 423 g/mol. The van der Waals surface area contributed by atoms with Crippen LogP contribution in [0.25, 0.3) is 28.0 Å². The fourth-order valence-corrected chi connectivity index (χ4v) is 3.77. The quantitative estimate of drug-likeness (QED) is 0.468. The largest absolute Gasteiger partial charge is 0.343 e. The summed E-state index contributed by atoms with van der Waals surface area (Å²) < 4.78 is 3.68. The first-order chi connectivity index (χ1) is 15.6. The van der Waals surface area contributed by atoms with Gasteiger partial charge in [0, 0.05) is 25.0 Å². The van der Waals surface area contributed by atoms with Gasteiger partial charge in [-0.2, -0.15) is 0 Å². The number of nitrogens with zero attached hydrogens (tertiary/aromatic N) is 6. The van der Waals surface area contributed by atoms with E-state index in [0.29, 0.717) is 5.69 Å². The van der Waals surface area contributed by atoms with Crippen molar-refractivity contribution in [3.05, 3.63) is 90.1 Å². The Morgan fingerprint density at radius 2 is 1.75 bits per heavy atom. The summed E-state index contributed by atoms with van der Waals surface area (Å²) in [5, 5.41) is 11.5. The molecule has 0 unspecified atom stereocenters. The Labute approximate surface area is 184 Å². The molecular formula is C24H21N7O. The maximum absolute atomic E-state index is 13.2. The third-order valence-corrected chi connectivity index (χ3v) is 5.47. The van der Waals surface area contributed by atoms with Crippen molar-refractivity contribution in [3.63, 3.8) is 0 Å². The van der Waals surface area contributed by atoms with Crippen LogP contribution in [-0.2, 0) is 13.6 Å². The Morgan fingerprint density at radius 3 is 2.53 bits per heavy atom. The number of para-hydroxylation sites is 3. The number of carbonyl (C=O) groups is 1. The van der Waals surface area contributed by atoms with Gasteiger partial charge in [0.1, 0.15) is 11.5 Å². The van der Waals surface area contributed by atoms with Gasteiger partial charge in [0.25, 0.3) is 5.91 Å². The van der Waals surface area contributed by atoms with Gasteiger partial charge in [-0.25, -0.2) is 9.67 Å². The van der Waals surface area contributed by atoms with E-state index in [0.717, 1.165) is 33.7 Å². The summed E-state index contributed by atoms with van der Waals surface area (Å²) >= 11 is 0. The van der Waals surface area contributed by atoms with E-state index in [2.05, 4.69) is 25.6 Å². The first-order valence-corrected chi connectivity index (χ1v) is 10.2. The van der Waals surface area contributed by atoms with Crippen molar-refractivity contribution >= 4 is 16.9 Å². The lowest BCUT2D eigenvalue weighted by Crippen LogP contribution is -2.25. The van der Waals surface area contributed by atoms with Crippen LogP contribution in [0.2, 0.25) is 0 Å². The Balaban J connectivity index is 1.51. The van der Waals surface area contributed by atoms with E-state index >= 15 is 0 Å². The summed E-state index contributed by atoms with van der Waals surface area (Å²) in [4.78, 5) is 21.9. The van der Waals surface area contributed by atoms with Gasteiger partial charge >= 0.3 is 0 Å². The third kappa shape index (κ3) is 3.41. The number of rotatable bonds is 5. The molecule has 5 rings (SSSR count). The van der Waals surface area contributed by atoms with Crippen molar-refractivity contribution < 1.29 is 4.79 Å². The summed E-state index contributed by atoms with van der Waals surface area (Å²) in [6.07, 6.45) is 3.37. The lowest BCUT2D eigenvalue weighted by Gasteiger charge is -2.10. The minimum atomic E-state index is -0.316. The molecule has 0 atom stereocenters. The van der Waals surface area contributed by atoms with Gasteiger partial charge < -0.3 is 9.88 Å². The predicted octanol–water partition coefficient (Wildman–Crippen LogP) is 3.45. The van der Waals surface area contributed by atoms with E-state index in [4.69, 9.17) is 0 Å². The van der Waals surface area contributed by atoms with Gasteiger partial charge in [-0.15, -0.1) is 5.10 Å². The van der Waals surface area contributed by atoms with Crippen LogP contribution < -0.4 is 5.32 Å². The zero-order chi connectivity index (χ0) is 22.1. The minimum absolute atomic E-state index is 0.248. The van der Waals surface area contributed by atoms with E-state index < -0.39 is 0 Å². The monoisotopic (exact) mass is 423 g/mol. The van der Waals surface area contributed by atoms with Crippen molar-refractivity contribution in [2.75, 3.05) is 0 Å². The van der Waals surface area contributed by atoms with E-state index in [1.165, 1.54) is 0 Å². The minimum Gasteiger partial charge on any atom is -0.343 e. The van der Waals surface area contributed by atoms with E-state index in [1.54, 1.807) is 17.1 Å². The molecule has 3 heterocycles. The van der Waals surface area contributed by atoms with Crippen LogP contribution in [0.5, 0.6) is 0 Å². The number of pyridine rings is 1.